The van der Waals surface area contributed by atoms with Crippen molar-refractivity contribution in [2.75, 3.05) is 213 Å². The number of piperazine rings is 2. The molecule has 4 N–H and O–H groups in total. The zero-order valence-corrected chi connectivity index (χ0v) is 82.5. The number of ether oxygens (including phenoxy) is 2. The Balaban J connectivity index is 0.000000139. The minimum Gasteiger partial charge on any atom is -0.495 e. The van der Waals surface area contributed by atoms with Crippen LogP contribution in [0.25, 0.3) is 0 Å². The monoisotopic (exact) mass is 2070 g/mol. The molecule has 57 heteroatoms. The van der Waals surface area contributed by atoms with Gasteiger partial charge in [0.1, 0.15) is 74.7 Å². The number of piperidine rings is 1. The van der Waals surface area contributed by atoms with Gasteiger partial charge in [-0.25, -0.2) is 44.9 Å². The van der Waals surface area contributed by atoms with Gasteiger partial charge in [0.25, 0.3) is 29.5 Å². The van der Waals surface area contributed by atoms with Gasteiger partial charge in [-0.3, -0.25) is 57.8 Å². The number of alkyl halides is 12. The summed E-state index contributed by atoms with van der Waals surface area (Å²) in [5.41, 5.74) is 3.47. The molecule has 0 bridgehead atoms. The van der Waals surface area contributed by atoms with Gasteiger partial charge in [-0.05, 0) is 79.8 Å². The van der Waals surface area contributed by atoms with E-state index in [1.165, 1.54) is 84.4 Å². The molecule has 143 heavy (non-hydrogen) atoms. The van der Waals surface area contributed by atoms with Crippen molar-refractivity contribution in [2.45, 2.75) is 78.2 Å². The number of nitrogens with zero attached hydrogens (tertiary/aromatic N) is 30. The first-order valence-corrected chi connectivity index (χ1v) is 47.2. The van der Waals surface area contributed by atoms with Crippen molar-refractivity contribution in [3.63, 3.8) is 0 Å². The van der Waals surface area contributed by atoms with Gasteiger partial charge < -0.3 is 69.9 Å². The average Bonchev–Trinajstić information content (AvgIpc) is 1.62. The van der Waals surface area contributed by atoms with Crippen LogP contribution in [0.2, 0.25) is 0 Å². The predicted octanol–water partition coefficient (Wildman–Crippen LogP) is 13.9. The van der Waals surface area contributed by atoms with Gasteiger partial charge in [-0.1, -0.05) is 0 Å². The predicted molar refractivity (Wildman–Crippen MR) is 514 cm³/mol. The molecule has 41 nitrogen and oxygen atoms in total. The molecule has 0 radical (unpaired) electrons. The van der Waals surface area contributed by atoms with Crippen molar-refractivity contribution in [3.8, 4) is 11.5 Å². The second-order valence-corrected chi connectivity index (χ2v) is 38.6. The maximum atomic E-state index is 13.6. The number of likely N-dealkylation sites (N-methyl/N-ethyl adjacent to an activating group) is 2. The number of anilines is 21. The van der Waals surface area contributed by atoms with Gasteiger partial charge in [-0.2, -0.15) is 82.8 Å². The number of carbonyl (C=O) groups excluding carboxylic acids is 5. The van der Waals surface area contributed by atoms with E-state index in [2.05, 4.69) is 130 Å². The number of hydrogen-bond donors (Lipinski definition) is 4. The lowest BCUT2D eigenvalue weighted by Crippen LogP contribution is -2.52. The largest absolute Gasteiger partial charge is 0.495 e. The Bertz CT molecular complexity index is 6780. The summed E-state index contributed by atoms with van der Waals surface area (Å²) in [6.45, 7) is 11.8. The molecule has 7 aliphatic rings. The Hall–Kier alpha value is -14.2. The van der Waals surface area contributed by atoms with Crippen molar-refractivity contribution in [1.82, 2.24) is 104 Å². The molecule has 18 heterocycles. The van der Waals surface area contributed by atoms with E-state index in [0.29, 0.717) is 119 Å². The SMILES string of the molecule is COc1cc(C(=O)N2CCC(N3CCN(C)CC3)CC2)ccc1Nc1ncc2c(n1)N(C)c1sc(C)nc1C(=O)N2CC(F)(F)F.COc1cc(N2CCN(C)CC2)cnc1Nc1ncc2c(n1)N(C)c1sc(C)nc1C(=O)N2CC(F)(F)F.Cc1nc2c(s1)N(C)c1nc(Nc3cnn(C)c3)ncc1N(CC(F)(F)F)C2=O.Cc1nc2c(s1)N(C)c1nc(Nc3cnn(C)c3C)ncc1N(CC(F)(F)F)C2=O. The van der Waals surface area contributed by atoms with Crippen molar-refractivity contribution in [3.05, 3.63) is 128 Å². The summed E-state index contributed by atoms with van der Waals surface area (Å²) in [7, 11) is 17.2. The third-order valence-corrected chi connectivity index (χ3v) is 27.9. The van der Waals surface area contributed by atoms with E-state index in [1.807, 2.05) is 17.9 Å². The topological polar surface area (TPSA) is 397 Å². The molecule has 12 aromatic rings. The van der Waals surface area contributed by atoms with Gasteiger partial charge in [0.2, 0.25) is 23.8 Å². The minimum absolute atomic E-state index is 0.0418. The van der Waals surface area contributed by atoms with E-state index in [4.69, 9.17) is 9.47 Å². The van der Waals surface area contributed by atoms with Crippen LogP contribution >= 0.6 is 45.3 Å². The molecule has 3 fully saturated rings. The normalized spacial score (nSPS) is 16.0. The smallest absolute Gasteiger partial charge is 0.406 e. The van der Waals surface area contributed by atoms with Crippen molar-refractivity contribution < 1.29 is 86.1 Å². The summed E-state index contributed by atoms with van der Waals surface area (Å²) in [5, 5.41) is 24.0. The highest BCUT2D eigenvalue weighted by atomic mass is 32.1. The minimum atomic E-state index is -4.66. The molecule has 11 aromatic heterocycles. The summed E-state index contributed by atoms with van der Waals surface area (Å²) in [4.78, 5) is 141. The number of carbonyl (C=O) groups is 5. The highest BCUT2D eigenvalue weighted by molar-refractivity contribution is 7.17. The van der Waals surface area contributed by atoms with E-state index < -0.39 is 74.5 Å². The fourth-order valence-corrected chi connectivity index (χ4v) is 20.0. The molecule has 7 aliphatic heterocycles. The number of rotatable bonds is 17. The number of aryl methyl sites for hydroxylation is 6. The van der Waals surface area contributed by atoms with Crippen LogP contribution in [0.3, 0.4) is 0 Å². The van der Waals surface area contributed by atoms with Crippen LogP contribution in [0.4, 0.5) is 171 Å². The Morgan fingerprint density at radius 2 is 0.783 bits per heavy atom. The van der Waals surface area contributed by atoms with Gasteiger partial charge >= 0.3 is 24.7 Å². The Morgan fingerprint density at radius 1 is 0.413 bits per heavy atom. The number of thiazole rings is 4. The molecule has 758 valence electrons. The molecule has 1 aromatic carbocycles. The second-order valence-electron chi connectivity index (χ2n) is 33.9. The summed E-state index contributed by atoms with van der Waals surface area (Å²) < 4.78 is 175. The summed E-state index contributed by atoms with van der Waals surface area (Å²) in [6, 6.07) is 7.40. The fraction of sp³-hybridized carbons (Fsp3) is 0.419. The molecular weight excluding hydrogens is 1980 g/mol. The Morgan fingerprint density at radius 3 is 1.14 bits per heavy atom. The average molecular weight is 2070 g/mol. The van der Waals surface area contributed by atoms with E-state index in [0.717, 1.165) is 76.6 Å². The number of methoxy groups -OCH3 is 2. The molecule has 0 atom stereocenters. The number of nitrogens with one attached hydrogen (secondary N) is 4. The maximum absolute atomic E-state index is 13.6. The van der Waals surface area contributed by atoms with E-state index in [-0.39, 0.29) is 98.5 Å². The van der Waals surface area contributed by atoms with E-state index >= 15 is 0 Å². The van der Waals surface area contributed by atoms with Crippen molar-refractivity contribution >= 4 is 193 Å². The maximum Gasteiger partial charge on any atom is 0.406 e. The molecular formula is C86H94F12N34O7S4. The van der Waals surface area contributed by atoms with Crippen LogP contribution in [0.5, 0.6) is 11.5 Å². The summed E-state index contributed by atoms with van der Waals surface area (Å²) in [6.07, 6.45) is -5.28. The number of likely N-dealkylation sites (tertiary alicyclic amines) is 1. The summed E-state index contributed by atoms with van der Waals surface area (Å²) in [5.74, 6) is -1.30. The van der Waals surface area contributed by atoms with Gasteiger partial charge in [0.15, 0.2) is 57.6 Å². The number of fused-ring (bicyclic) bond motifs is 8. The standard InChI is InChI=1S/C30H36F3N9O3S.C23H26F3N9O2S.C17H17F3N8OS.C16H15F3N8OS/c1-18-35-24-27(44)42(17-30(31,32)33)22-16-34-29(37-25(22)39(3)28(24)46-18)36-21-6-5-19(15-23(21)45-4)26(43)41-9-7-20(8-10-41)40-13-11-38(2)12-14-40;1-13-29-17-20(36)35(12-23(24,25)26)15-11-28-22(31-19(15)33(3)21(17)38-13)30-18-16(37-4)9-14(10-27-18)34-7-5-32(2)6-8-34;1-8-10(5-22-27(8)4)24-16-21-6-11-13(25-16)26(3)15-12(23-9(2)30-15)14(29)28(11)7-17(18,19)20;1-8-22-11-13(28)27(7-16(17,18)19)10-5-20-15(23-9-4-21-25(2)6-9)24-12(10)26(3)14(11)29-8/h5-6,15-16,20H,7-14,17H2,1-4H3,(H,34,36,37);9-11H,5-8,12H2,1-4H3,(H,27,28,30,31);5-6H,7H2,1-4H3,(H,21,24,25);4-6H,7H2,1-3H3,(H,20,23,24). The number of pyridine rings is 1. The first-order chi connectivity index (χ1) is 67.6. The van der Waals surface area contributed by atoms with E-state index in [1.54, 1.807) is 142 Å². The fourth-order valence-electron chi connectivity index (χ4n) is 16.5. The summed E-state index contributed by atoms with van der Waals surface area (Å²) >= 11 is 4.79. The third kappa shape index (κ3) is 22.5. The highest BCUT2D eigenvalue weighted by Gasteiger charge is 2.47. The number of hydrogen-bond acceptors (Lipinski definition) is 38. The van der Waals surface area contributed by atoms with Crippen LogP contribution in [-0.2, 0) is 14.1 Å². The molecule has 19 rings (SSSR count). The highest BCUT2D eigenvalue weighted by Crippen LogP contribution is 2.49. The molecule has 3 saturated heterocycles. The van der Waals surface area contributed by atoms with Gasteiger partial charge in [0, 0.05) is 132 Å². The second kappa shape index (κ2) is 40.7. The molecule has 0 aliphatic carbocycles. The van der Waals surface area contributed by atoms with Gasteiger partial charge in [0.05, 0.1) is 106 Å². The number of benzene rings is 1. The van der Waals surface area contributed by atoms with Crippen molar-refractivity contribution in [2.24, 2.45) is 14.1 Å². The van der Waals surface area contributed by atoms with Crippen molar-refractivity contribution in [1.29, 1.82) is 0 Å². The Labute approximate surface area is 824 Å². The van der Waals surface area contributed by atoms with E-state index in [9.17, 15) is 76.7 Å². The Kier molecular flexibility index (Phi) is 28.9. The van der Waals surface area contributed by atoms with Crippen LogP contribution < -0.4 is 74.8 Å². The molecule has 0 unspecified atom stereocenters. The number of halogens is 12. The first-order valence-electron chi connectivity index (χ1n) is 43.9. The van der Waals surface area contributed by atoms with Crippen LogP contribution in [0.15, 0.2) is 73.8 Å². The van der Waals surface area contributed by atoms with Crippen LogP contribution in [0, 0.1) is 34.6 Å². The quantitative estimate of drug-likeness (QED) is 0.0615. The number of aromatic nitrogens is 17. The first kappa shape index (κ1) is 102. The molecule has 5 amide bonds. The molecule has 0 spiro atoms. The third-order valence-electron chi connectivity index (χ3n) is 23.8. The van der Waals surface area contributed by atoms with Crippen LogP contribution in [-0.4, -0.2) is 312 Å². The van der Waals surface area contributed by atoms with Gasteiger partial charge in [-0.15, -0.1) is 45.3 Å². The zero-order chi connectivity index (χ0) is 103. The lowest BCUT2D eigenvalue weighted by Gasteiger charge is -2.42. The van der Waals surface area contributed by atoms with Crippen LogP contribution in [0.1, 0.15) is 90.9 Å². The lowest BCUT2D eigenvalue weighted by molar-refractivity contribution is -0.119. The lowest BCUT2D eigenvalue weighted by atomic mass is 10.0. The zero-order valence-electron chi connectivity index (χ0n) is 79.3. The molecule has 0 saturated carbocycles. The number of amides is 5.